The van der Waals surface area contributed by atoms with Crippen molar-refractivity contribution in [3.8, 4) is 5.75 Å². The maximum Gasteiger partial charge on any atom is 0.257 e. The normalized spacial score (nSPS) is 10.3. The fourth-order valence-corrected chi connectivity index (χ4v) is 2.21. The molecule has 2 rings (SSSR count). The second kappa shape index (κ2) is 5.83. The lowest BCUT2D eigenvalue weighted by molar-refractivity contribution is 0.102. The number of rotatable bonds is 3. The van der Waals surface area contributed by atoms with E-state index in [1.165, 1.54) is 12.1 Å². The lowest BCUT2D eigenvalue weighted by Gasteiger charge is -2.14. The highest BCUT2D eigenvalue weighted by Crippen LogP contribution is 2.29. The van der Waals surface area contributed by atoms with E-state index in [-0.39, 0.29) is 17.2 Å². The van der Waals surface area contributed by atoms with E-state index in [2.05, 4.69) is 5.32 Å². The fourth-order valence-electron chi connectivity index (χ4n) is 2.21. The van der Waals surface area contributed by atoms with Gasteiger partial charge in [-0.3, -0.25) is 4.79 Å². The van der Waals surface area contributed by atoms with Crippen LogP contribution in [-0.4, -0.2) is 13.0 Å². The van der Waals surface area contributed by atoms with Gasteiger partial charge in [-0.15, -0.1) is 0 Å². The zero-order valence-corrected chi connectivity index (χ0v) is 12.2. The van der Waals surface area contributed by atoms with Gasteiger partial charge in [0.25, 0.3) is 5.91 Å². The van der Waals surface area contributed by atoms with Gasteiger partial charge in [0.1, 0.15) is 11.6 Å². The first-order valence-electron chi connectivity index (χ1n) is 6.44. The lowest BCUT2D eigenvalue weighted by Crippen LogP contribution is -2.15. The molecule has 0 aliphatic carbocycles. The maximum absolute atomic E-state index is 13.0. The molecule has 5 heteroatoms. The summed E-state index contributed by atoms with van der Waals surface area (Å²) in [6.07, 6.45) is 0. The van der Waals surface area contributed by atoms with Crippen LogP contribution in [0.4, 0.5) is 15.8 Å². The monoisotopic (exact) mass is 288 g/mol. The number of methoxy groups -OCH3 is 1. The molecular weight excluding hydrogens is 271 g/mol. The summed E-state index contributed by atoms with van der Waals surface area (Å²) in [4.78, 5) is 12.2. The fraction of sp³-hybridized carbons (Fsp3) is 0.188. The van der Waals surface area contributed by atoms with Gasteiger partial charge in [0.15, 0.2) is 0 Å². The molecule has 2 aromatic carbocycles. The molecule has 0 bridgehead atoms. The molecule has 1 amide bonds. The zero-order chi connectivity index (χ0) is 15.6. The molecule has 110 valence electrons. The number of halogens is 1. The highest BCUT2D eigenvalue weighted by molar-refractivity contribution is 6.08. The van der Waals surface area contributed by atoms with Crippen molar-refractivity contribution in [1.82, 2.24) is 0 Å². The highest BCUT2D eigenvalue weighted by atomic mass is 19.1. The molecule has 0 aliphatic heterocycles. The van der Waals surface area contributed by atoms with Crippen molar-refractivity contribution in [2.24, 2.45) is 0 Å². The average Bonchev–Trinajstić information content (AvgIpc) is 2.42. The van der Waals surface area contributed by atoms with Crippen molar-refractivity contribution in [2.75, 3.05) is 18.2 Å². The molecule has 0 radical (unpaired) electrons. The van der Waals surface area contributed by atoms with Crippen LogP contribution in [0.1, 0.15) is 21.5 Å². The van der Waals surface area contributed by atoms with Gasteiger partial charge in [-0.05, 0) is 43.7 Å². The highest BCUT2D eigenvalue weighted by Gasteiger charge is 2.14. The number of nitrogens with one attached hydrogen (secondary N) is 1. The third-order valence-electron chi connectivity index (χ3n) is 3.31. The van der Waals surface area contributed by atoms with E-state index in [9.17, 15) is 9.18 Å². The molecule has 0 saturated heterocycles. The number of nitrogens with two attached hydrogens (primary N) is 1. The lowest BCUT2D eigenvalue weighted by atomic mass is 10.1. The van der Waals surface area contributed by atoms with Crippen LogP contribution < -0.4 is 15.8 Å². The number of hydrogen-bond donors (Lipinski definition) is 2. The van der Waals surface area contributed by atoms with Gasteiger partial charge < -0.3 is 15.8 Å². The van der Waals surface area contributed by atoms with Crippen molar-refractivity contribution in [3.63, 3.8) is 0 Å². The van der Waals surface area contributed by atoms with Gasteiger partial charge in [-0.1, -0.05) is 6.07 Å². The summed E-state index contributed by atoms with van der Waals surface area (Å²) in [5.74, 6) is -0.140. The van der Waals surface area contributed by atoms with E-state index in [1.807, 2.05) is 19.9 Å². The van der Waals surface area contributed by atoms with Crippen LogP contribution in [-0.2, 0) is 0 Å². The van der Waals surface area contributed by atoms with Crippen molar-refractivity contribution in [2.45, 2.75) is 13.8 Å². The second-order valence-electron chi connectivity index (χ2n) is 4.77. The summed E-state index contributed by atoms with van der Waals surface area (Å²) in [6.45, 7) is 3.78. The topological polar surface area (TPSA) is 64.3 Å². The largest absolute Gasteiger partial charge is 0.496 e. The molecule has 0 unspecified atom stereocenters. The van der Waals surface area contributed by atoms with Crippen molar-refractivity contribution in [3.05, 3.63) is 52.8 Å². The van der Waals surface area contributed by atoms with Crippen LogP contribution in [0, 0.1) is 19.7 Å². The Labute approximate surface area is 122 Å². The summed E-state index contributed by atoms with van der Waals surface area (Å²) in [6, 6.07) is 7.34. The van der Waals surface area contributed by atoms with E-state index in [0.717, 1.165) is 22.9 Å². The smallest absolute Gasteiger partial charge is 0.257 e. The van der Waals surface area contributed by atoms with Crippen LogP contribution in [0.15, 0.2) is 30.3 Å². The Hall–Kier alpha value is -2.56. The van der Waals surface area contributed by atoms with Crippen molar-refractivity contribution >= 4 is 17.3 Å². The van der Waals surface area contributed by atoms with Crippen LogP contribution in [0.2, 0.25) is 0 Å². The third-order valence-corrected chi connectivity index (χ3v) is 3.31. The Morgan fingerprint density at radius 2 is 1.95 bits per heavy atom. The van der Waals surface area contributed by atoms with E-state index >= 15 is 0 Å². The van der Waals surface area contributed by atoms with Crippen molar-refractivity contribution < 1.29 is 13.9 Å². The van der Waals surface area contributed by atoms with E-state index in [1.54, 1.807) is 13.2 Å². The Kier molecular flexibility index (Phi) is 4.12. The van der Waals surface area contributed by atoms with E-state index in [4.69, 9.17) is 10.5 Å². The number of amides is 1. The summed E-state index contributed by atoms with van der Waals surface area (Å²) in [7, 11) is 1.58. The predicted octanol–water partition coefficient (Wildman–Crippen LogP) is 3.29. The predicted molar refractivity (Wildman–Crippen MR) is 81.2 cm³/mol. The molecule has 0 aromatic heterocycles. The van der Waals surface area contributed by atoms with Crippen LogP contribution in [0.3, 0.4) is 0 Å². The molecule has 4 nitrogen and oxygen atoms in total. The molecule has 3 N–H and O–H groups in total. The minimum Gasteiger partial charge on any atom is -0.496 e. The standard InChI is InChI=1S/C16H17FN2O2/c1-9-4-7-14(10(2)15(9)21-3)19-16(20)12-6-5-11(17)8-13(12)18/h4-8H,18H2,1-3H3,(H,19,20). The number of anilines is 2. The molecule has 0 aliphatic rings. The third kappa shape index (κ3) is 2.97. The first-order valence-corrected chi connectivity index (χ1v) is 6.44. The summed E-state index contributed by atoms with van der Waals surface area (Å²) < 4.78 is 18.3. The van der Waals surface area contributed by atoms with Gasteiger partial charge in [0.05, 0.1) is 12.7 Å². The Bertz CT molecular complexity index is 699. The molecule has 0 heterocycles. The van der Waals surface area contributed by atoms with Crippen molar-refractivity contribution in [1.29, 1.82) is 0 Å². The first-order chi connectivity index (χ1) is 9.93. The summed E-state index contributed by atoms with van der Waals surface area (Å²) in [5, 5.41) is 2.77. The quantitative estimate of drug-likeness (QED) is 0.852. The van der Waals surface area contributed by atoms with Crippen LogP contribution in [0.25, 0.3) is 0 Å². The Morgan fingerprint density at radius 3 is 2.57 bits per heavy atom. The summed E-state index contributed by atoms with van der Waals surface area (Å²) >= 11 is 0. The number of hydrogen-bond acceptors (Lipinski definition) is 3. The first kappa shape index (κ1) is 14.8. The van der Waals surface area contributed by atoms with Gasteiger partial charge in [0.2, 0.25) is 0 Å². The number of aryl methyl sites for hydroxylation is 1. The SMILES string of the molecule is COc1c(C)ccc(NC(=O)c2ccc(F)cc2N)c1C. The van der Waals surface area contributed by atoms with Crippen LogP contribution in [0.5, 0.6) is 5.75 Å². The molecule has 2 aromatic rings. The molecule has 0 fully saturated rings. The molecule has 0 spiro atoms. The molecular formula is C16H17FN2O2. The van der Waals surface area contributed by atoms with Gasteiger partial charge >= 0.3 is 0 Å². The minimum absolute atomic E-state index is 0.101. The van der Waals surface area contributed by atoms with Gasteiger partial charge in [-0.2, -0.15) is 0 Å². The maximum atomic E-state index is 13.0. The zero-order valence-electron chi connectivity index (χ0n) is 12.2. The molecule has 0 atom stereocenters. The number of carbonyl (C=O) groups excluding carboxylic acids is 1. The Balaban J connectivity index is 2.32. The number of benzene rings is 2. The average molecular weight is 288 g/mol. The van der Waals surface area contributed by atoms with Gasteiger partial charge in [-0.25, -0.2) is 4.39 Å². The molecule has 0 saturated carbocycles. The Morgan fingerprint density at radius 1 is 1.24 bits per heavy atom. The van der Waals surface area contributed by atoms with E-state index < -0.39 is 5.82 Å². The van der Waals surface area contributed by atoms with Crippen LogP contribution >= 0.6 is 0 Å². The van der Waals surface area contributed by atoms with Gasteiger partial charge in [0, 0.05) is 16.9 Å². The second-order valence-corrected chi connectivity index (χ2v) is 4.77. The molecule has 21 heavy (non-hydrogen) atoms. The number of carbonyl (C=O) groups is 1. The number of ether oxygens (including phenoxy) is 1. The number of nitrogen functional groups attached to an aromatic ring is 1. The summed E-state index contributed by atoms with van der Waals surface area (Å²) in [5.41, 5.74) is 8.44. The minimum atomic E-state index is -0.475. The van der Waals surface area contributed by atoms with E-state index in [0.29, 0.717) is 5.69 Å².